The number of unbranched alkanes of at least 4 members (excludes halogenated alkanes) is 3. The fourth-order valence-corrected chi connectivity index (χ4v) is 3.58. The molecule has 1 fully saturated rings. The van der Waals surface area contributed by atoms with Crippen molar-refractivity contribution >= 4 is 11.6 Å². The van der Waals surface area contributed by atoms with Crippen molar-refractivity contribution in [2.45, 2.75) is 39.2 Å². The van der Waals surface area contributed by atoms with E-state index in [1.165, 1.54) is 24.8 Å². The molecule has 1 aliphatic heterocycles. The van der Waals surface area contributed by atoms with Crippen LogP contribution in [0.1, 0.15) is 48.5 Å². The van der Waals surface area contributed by atoms with Crippen LogP contribution in [0.4, 0.5) is 5.69 Å². The molecule has 1 N–H and O–H groups in total. The Labute approximate surface area is 181 Å². The SMILES string of the molecule is CCCCCCOc1ccc(C(=O)Nc2ccc(CN3CCN(C)CC3)cc2)cc1. The number of ether oxygens (including phenoxy) is 1. The molecule has 0 bridgehead atoms. The Kier molecular flexibility index (Phi) is 8.72. The second-order valence-electron chi connectivity index (χ2n) is 8.16. The fourth-order valence-electron chi connectivity index (χ4n) is 3.58. The zero-order valence-electron chi connectivity index (χ0n) is 18.4. The molecule has 5 nitrogen and oxygen atoms in total. The van der Waals surface area contributed by atoms with Crippen molar-refractivity contribution in [1.29, 1.82) is 0 Å². The van der Waals surface area contributed by atoms with E-state index >= 15 is 0 Å². The van der Waals surface area contributed by atoms with E-state index in [1.807, 2.05) is 36.4 Å². The van der Waals surface area contributed by atoms with Gasteiger partial charge in [0.15, 0.2) is 0 Å². The summed E-state index contributed by atoms with van der Waals surface area (Å²) < 4.78 is 5.75. The highest BCUT2D eigenvalue weighted by atomic mass is 16.5. The summed E-state index contributed by atoms with van der Waals surface area (Å²) in [4.78, 5) is 17.4. The first-order chi connectivity index (χ1) is 14.6. The summed E-state index contributed by atoms with van der Waals surface area (Å²) in [5.74, 6) is 0.715. The summed E-state index contributed by atoms with van der Waals surface area (Å²) in [6.45, 7) is 8.34. The molecule has 2 aromatic rings. The summed E-state index contributed by atoms with van der Waals surface area (Å²) >= 11 is 0. The summed E-state index contributed by atoms with van der Waals surface area (Å²) in [5.41, 5.74) is 2.73. The van der Waals surface area contributed by atoms with Crippen molar-refractivity contribution in [3.63, 3.8) is 0 Å². The van der Waals surface area contributed by atoms with Crippen molar-refractivity contribution in [3.8, 4) is 5.75 Å². The number of anilines is 1. The molecule has 1 saturated heterocycles. The zero-order chi connectivity index (χ0) is 21.2. The first kappa shape index (κ1) is 22.3. The molecule has 0 atom stereocenters. The van der Waals surface area contributed by atoms with Crippen molar-refractivity contribution < 1.29 is 9.53 Å². The summed E-state index contributed by atoms with van der Waals surface area (Å²) in [6.07, 6.45) is 4.74. The summed E-state index contributed by atoms with van der Waals surface area (Å²) in [5, 5.41) is 2.98. The number of amides is 1. The van der Waals surface area contributed by atoms with E-state index in [9.17, 15) is 4.79 Å². The minimum atomic E-state index is -0.101. The number of nitrogens with zero attached hydrogens (tertiary/aromatic N) is 2. The van der Waals surface area contributed by atoms with E-state index in [4.69, 9.17) is 4.74 Å². The van der Waals surface area contributed by atoms with E-state index < -0.39 is 0 Å². The molecule has 1 heterocycles. The van der Waals surface area contributed by atoms with E-state index in [0.717, 1.165) is 57.2 Å². The Bertz CT molecular complexity index is 766. The predicted octanol–water partition coefficient (Wildman–Crippen LogP) is 4.65. The van der Waals surface area contributed by atoms with E-state index in [-0.39, 0.29) is 5.91 Å². The van der Waals surface area contributed by atoms with Crippen molar-refractivity contribution in [2.24, 2.45) is 0 Å². The monoisotopic (exact) mass is 409 g/mol. The minimum Gasteiger partial charge on any atom is -0.494 e. The van der Waals surface area contributed by atoms with Gasteiger partial charge in [-0.05, 0) is 55.4 Å². The second kappa shape index (κ2) is 11.7. The number of nitrogens with one attached hydrogen (secondary N) is 1. The van der Waals surface area contributed by atoms with Crippen LogP contribution in [-0.4, -0.2) is 55.5 Å². The molecular weight excluding hydrogens is 374 g/mol. The molecule has 5 heteroatoms. The van der Waals surface area contributed by atoms with Crippen LogP contribution in [0.5, 0.6) is 5.75 Å². The number of hydrogen-bond acceptors (Lipinski definition) is 4. The Hall–Kier alpha value is -2.37. The maximum atomic E-state index is 12.5. The van der Waals surface area contributed by atoms with Gasteiger partial charge in [-0.2, -0.15) is 0 Å². The van der Waals surface area contributed by atoms with Crippen LogP contribution < -0.4 is 10.1 Å². The first-order valence-electron chi connectivity index (χ1n) is 11.2. The highest BCUT2D eigenvalue weighted by molar-refractivity contribution is 6.04. The lowest BCUT2D eigenvalue weighted by atomic mass is 10.1. The largest absolute Gasteiger partial charge is 0.494 e. The molecular formula is C25H35N3O2. The Morgan fingerprint density at radius 2 is 1.63 bits per heavy atom. The van der Waals surface area contributed by atoms with Gasteiger partial charge in [0.2, 0.25) is 0 Å². The van der Waals surface area contributed by atoms with Gasteiger partial charge in [-0.3, -0.25) is 9.69 Å². The number of hydrogen-bond donors (Lipinski definition) is 1. The molecule has 1 aliphatic rings. The normalized spacial score (nSPS) is 15.1. The molecule has 2 aromatic carbocycles. The van der Waals surface area contributed by atoms with Gasteiger partial charge in [-0.25, -0.2) is 0 Å². The van der Waals surface area contributed by atoms with Gasteiger partial charge in [-0.1, -0.05) is 38.3 Å². The number of carbonyl (C=O) groups excluding carboxylic acids is 1. The maximum absolute atomic E-state index is 12.5. The Morgan fingerprint density at radius 1 is 0.933 bits per heavy atom. The highest BCUT2D eigenvalue weighted by Crippen LogP contribution is 2.16. The number of likely N-dealkylation sites (N-methyl/N-ethyl adjacent to an activating group) is 1. The molecule has 3 rings (SSSR count). The van der Waals surface area contributed by atoms with Gasteiger partial charge >= 0.3 is 0 Å². The van der Waals surface area contributed by atoms with Crippen LogP contribution in [0.15, 0.2) is 48.5 Å². The van der Waals surface area contributed by atoms with Crippen molar-refractivity contribution in [3.05, 3.63) is 59.7 Å². The number of carbonyl (C=O) groups is 1. The second-order valence-corrected chi connectivity index (χ2v) is 8.16. The van der Waals surface area contributed by atoms with Crippen LogP contribution >= 0.6 is 0 Å². The average molecular weight is 410 g/mol. The van der Waals surface area contributed by atoms with Crippen LogP contribution in [-0.2, 0) is 6.54 Å². The summed E-state index contributed by atoms with van der Waals surface area (Å²) in [6, 6.07) is 15.5. The number of piperazine rings is 1. The van der Waals surface area contributed by atoms with E-state index in [0.29, 0.717) is 5.56 Å². The topological polar surface area (TPSA) is 44.8 Å². The van der Waals surface area contributed by atoms with Crippen molar-refractivity contribution in [1.82, 2.24) is 9.80 Å². The Balaban J connectivity index is 1.44. The molecule has 0 unspecified atom stereocenters. The molecule has 1 amide bonds. The fraction of sp³-hybridized carbons (Fsp3) is 0.480. The van der Waals surface area contributed by atoms with E-state index in [1.54, 1.807) is 0 Å². The van der Waals surface area contributed by atoms with Gasteiger partial charge < -0.3 is 15.0 Å². The van der Waals surface area contributed by atoms with Crippen LogP contribution in [0.3, 0.4) is 0 Å². The highest BCUT2D eigenvalue weighted by Gasteiger charge is 2.14. The molecule has 0 saturated carbocycles. The maximum Gasteiger partial charge on any atom is 0.255 e. The van der Waals surface area contributed by atoms with Gasteiger partial charge in [0, 0.05) is 44.0 Å². The van der Waals surface area contributed by atoms with Crippen LogP contribution in [0.2, 0.25) is 0 Å². The molecule has 30 heavy (non-hydrogen) atoms. The van der Waals surface area contributed by atoms with Gasteiger partial charge in [0.25, 0.3) is 5.91 Å². The third kappa shape index (κ3) is 7.15. The smallest absolute Gasteiger partial charge is 0.255 e. The van der Waals surface area contributed by atoms with Crippen LogP contribution in [0.25, 0.3) is 0 Å². The van der Waals surface area contributed by atoms with Crippen molar-refractivity contribution in [2.75, 3.05) is 45.2 Å². The molecule has 162 valence electrons. The Morgan fingerprint density at radius 3 is 2.30 bits per heavy atom. The standard InChI is InChI=1S/C25H35N3O2/c1-3-4-5-6-19-30-24-13-9-22(10-14-24)25(29)26-23-11-7-21(8-12-23)20-28-17-15-27(2)16-18-28/h7-14H,3-6,15-20H2,1-2H3,(H,26,29). The number of benzene rings is 2. The predicted molar refractivity (Wildman–Crippen MR) is 123 cm³/mol. The molecule has 0 aliphatic carbocycles. The molecule has 0 radical (unpaired) electrons. The summed E-state index contributed by atoms with van der Waals surface area (Å²) in [7, 11) is 2.17. The third-order valence-corrected chi connectivity index (χ3v) is 5.60. The lowest BCUT2D eigenvalue weighted by Gasteiger charge is -2.32. The van der Waals surface area contributed by atoms with Gasteiger partial charge in [0.1, 0.15) is 5.75 Å². The lowest BCUT2D eigenvalue weighted by Crippen LogP contribution is -2.43. The first-order valence-corrected chi connectivity index (χ1v) is 11.2. The third-order valence-electron chi connectivity index (χ3n) is 5.60. The van der Waals surface area contributed by atoms with Gasteiger partial charge in [-0.15, -0.1) is 0 Å². The number of rotatable bonds is 10. The minimum absolute atomic E-state index is 0.101. The quantitative estimate of drug-likeness (QED) is 0.581. The molecule has 0 spiro atoms. The van der Waals surface area contributed by atoms with Gasteiger partial charge in [0.05, 0.1) is 6.61 Å². The molecule has 0 aromatic heterocycles. The average Bonchev–Trinajstić information content (AvgIpc) is 2.77. The van der Waals surface area contributed by atoms with E-state index in [2.05, 4.69) is 41.2 Å². The zero-order valence-corrected chi connectivity index (χ0v) is 18.4. The van der Waals surface area contributed by atoms with Crippen LogP contribution in [0, 0.1) is 0 Å². The lowest BCUT2D eigenvalue weighted by molar-refractivity contribution is 0.102.